The zero-order valence-corrected chi connectivity index (χ0v) is 7.57. The van der Waals surface area contributed by atoms with Crippen LogP contribution in [0.15, 0.2) is 24.3 Å². The fourth-order valence-corrected chi connectivity index (χ4v) is 1.78. The minimum atomic E-state index is -0.350. The number of benzene rings is 1. The molecule has 2 rings (SSSR count). The Balaban J connectivity index is 2.38. The molecule has 0 saturated heterocycles. The molecule has 0 aromatic heterocycles. The summed E-state index contributed by atoms with van der Waals surface area (Å²) in [6.07, 6.45) is 0.854. The van der Waals surface area contributed by atoms with E-state index in [1.807, 2.05) is 6.07 Å². The first-order valence-electron chi connectivity index (χ1n) is 4.07. The van der Waals surface area contributed by atoms with Gasteiger partial charge in [-0.15, -0.1) is 11.6 Å². The van der Waals surface area contributed by atoms with Crippen LogP contribution in [0, 0.1) is 10.1 Å². The van der Waals surface area contributed by atoms with E-state index in [0.29, 0.717) is 0 Å². The number of hydrogen-bond acceptors (Lipinski definition) is 2. The summed E-state index contributed by atoms with van der Waals surface area (Å²) in [5, 5.41) is 10.7. The van der Waals surface area contributed by atoms with E-state index in [1.165, 1.54) is 6.07 Å². The molecule has 4 heteroatoms. The number of hydrogen-bond donors (Lipinski definition) is 0. The van der Waals surface area contributed by atoms with E-state index in [1.54, 1.807) is 12.1 Å². The van der Waals surface area contributed by atoms with Crippen LogP contribution in [0.25, 0.3) is 0 Å². The van der Waals surface area contributed by atoms with Crippen LogP contribution in [0.4, 0.5) is 5.69 Å². The van der Waals surface area contributed by atoms with Crippen molar-refractivity contribution in [2.45, 2.75) is 17.7 Å². The Bertz CT molecular complexity index is 353. The number of halogens is 1. The van der Waals surface area contributed by atoms with E-state index in [2.05, 4.69) is 0 Å². The number of para-hydroxylation sites is 1. The van der Waals surface area contributed by atoms with E-state index in [9.17, 15) is 10.1 Å². The Kier molecular flexibility index (Phi) is 1.96. The molecule has 0 spiro atoms. The molecule has 0 bridgehead atoms. The highest BCUT2D eigenvalue weighted by molar-refractivity contribution is 6.23. The van der Waals surface area contributed by atoms with Gasteiger partial charge in [0.1, 0.15) is 0 Å². The summed E-state index contributed by atoms with van der Waals surface area (Å²) in [6.45, 7) is 0. The molecule has 3 nitrogen and oxygen atoms in total. The first kappa shape index (κ1) is 8.51. The second-order valence-corrected chi connectivity index (χ2v) is 3.73. The number of nitro benzene ring substituents is 1. The van der Waals surface area contributed by atoms with Crippen molar-refractivity contribution < 1.29 is 4.92 Å². The fraction of sp³-hybridized carbons (Fsp3) is 0.333. The highest BCUT2D eigenvalue weighted by Gasteiger charge is 2.40. The summed E-state index contributed by atoms with van der Waals surface area (Å²) >= 11 is 5.84. The molecule has 1 aliphatic carbocycles. The number of rotatable bonds is 2. The summed E-state index contributed by atoms with van der Waals surface area (Å²) in [4.78, 5) is 10.3. The molecule has 13 heavy (non-hydrogen) atoms. The largest absolute Gasteiger partial charge is 0.272 e. The van der Waals surface area contributed by atoms with Crippen molar-refractivity contribution in [2.75, 3.05) is 0 Å². The molecule has 68 valence electrons. The van der Waals surface area contributed by atoms with E-state index in [-0.39, 0.29) is 21.9 Å². The van der Waals surface area contributed by atoms with Crippen LogP contribution in [0.3, 0.4) is 0 Å². The lowest BCUT2D eigenvalue weighted by Crippen LogP contribution is -1.94. The molecule has 1 aromatic rings. The maximum atomic E-state index is 10.6. The van der Waals surface area contributed by atoms with Crippen LogP contribution < -0.4 is 0 Å². The molecule has 1 fully saturated rings. The molecular weight excluding hydrogens is 190 g/mol. The second-order valence-electron chi connectivity index (χ2n) is 3.17. The zero-order valence-electron chi connectivity index (χ0n) is 6.81. The van der Waals surface area contributed by atoms with Crippen molar-refractivity contribution in [1.29, 1.82) is 0 Å². The van der Waals surface area contributed by atoms with E-state index >= 15 is 0 Å². The van der Waals surface area contributed by atoms with Gasteiger partial charge in [-0.2, -0.15) is 0 Å². The molecule has 0 aliphatic heterocycles. The molecule has 0 unspecified atom stereocenters. The standard InChI is InChI=1S/C9H8ClNO2/c10-8-5-7(8)6-3-1-2-4-9(6)11(12)13/h1-4,7-8H,5H2/t7-,8+/m1/s1. The first-order valence-corrected chi connectivity index (χ1v) is 4.51. The third-order valence-corrected chi connectivity index (χ3v) is 2.73. The average Bonchev–Trinajstić information content (AvgIpc) is 2.82. The topological polar surface area (TPSA) is 43.1 Å². The maximum absolute atomic E-state index is 10.6. The summed E-state index contributed by atoms with van der Waals surface area (Å²) in [5.41, 5.74) is 0.961. The Labute approximate surface area is 80.5 Å². The van der Waals surface area contributed by atoms with Gasteiger partial charge in [0.2, 0.25) is 0 Å². The second kappa shape index (κ2) is 3.00. The highest BCUT2D eigenvalue weighted by Crippen LogP contribution is 2.47. The van der Waals surface area contributed by atoms with Crippen LogP contribution in [-0.4, -0.2) is 10.3 Å². The molecule has 0 N–H and O–H groups in total. The molecule has 1 aliphatic rings. The van der Waals surface area contributed by atoms with Crippen LogP contribution in [0.2, 0.25) is 0 Å². The summed E-state index contributed by atoms with van der Waals surface area (Å²) in [6, 6.07) is 6.79. The molecule has 0 heterocycles. The predicted molar refractivity (Wildman–Crippen MR) is 50.1 cm³/mol. The Morgan fingerprint density at radius 3 is 2.62 bits per heavy atom. The van der Waals surface area contributed by atoms with Crippen molar-refractivity contribution in [3.63, 3.8) is 0 Å². The van der Waals surface area contributed by atoms with Crippen molar-refractivity contribution >= 4 is 17.3 Å². The lowest BCUT2D eigenvalue weighted by atomic mass is 10.1. The Hall–Kier alpha value is -1.09. The zero-order chi connectivity index (χ0) is 9.42. The molecule has 1 aromatic carbocycles. The van der Waals surface area contributed by atoms with Gasteiger partial charge in [0, 0.05) is 22.9 Å². The van der Waals surface area contributed by atoms with Crippen molar-refractivity contribution in [1.82, 2.24) is 0 Å². The van der Waals surface area contributed by atoms with Gasteiger partial charge >= 0.3 is 0 Å². The minimum absolute atomic E-state index is 0.0844. The summed E-state index contributed by atoms with van der Waals surface area (Å²) in [5.74, 6) is 0.184. The average molecular weight is 198 g/mol. The van der Waals surface area contributed by atoms with Gasteiger partial charge in [0.05, 0.1) is 4.92 Å². The smallest absolute Gasteiger partial charge is 0.258 e. The van der Waals surface area contributed by atoms with Gasteiger partial charge in [-0.1, -0.05) is 18.2 Å². The summed E-state index contributed by atoms with van der Waals surface area (Å²) < 4.78 is 0. The van der Waals surface area contributed by atoms with Crippen molar-refractivity contribution in [3.8, 4) is 0 Å². The highest BCUT2D eigenvalue weighted by atomic mass is 35.5. The number of nitro groups is 1. The van der Waals surface area contributed by atoms with Crippen molar-refractivity contribution in [3.05, 3.63) is 39.9 Å². The van der Waals surface area contributed by atoms with Gasteiger partial charge in [0.25, 0.3) is 5.69 Å². The van der Waals surface area contributed by atoms with Crippen molar-refractivity contribution in [2.24, 2.45) is 0 Å². The molecule has 1 saturated carbocycles. The third kappa shape index (κ3) is 1.52. The van der Waals surface area contributed by atoms with E-state index in [4.69, 9.17) is 11.6 Å². The van der Waals surface area contributed by atoms with Crippen LogP contribution in [0.1, 0.15) is 17.9 Å². The lowest BCUT2D eigenvalue weighted by molar-refractivity contribution is -0.385. The number of alkyl halides is 1. The van der Waals surface area contributed by atoms with Crippen LogP contribution >= 0.6 is 11.6 Å². The molecule has 2 atom stereocenters. The number of nitrogens with zero attached hydrogens (tertiary/aromatic N) is 1. The molecular formula is C9H8ClNO2. The van der Waals surface area contributed by atoms with E-state index < -0.39 is 0 Å². The third-order valence-electron chi connectivity index (χ3n) is 2.25. The SMILES string of the molecule is O=[N+]([O-])c1ccccc1[C@H]1C[C@@H]1Cl. The normalized spacial score (nSPS) is 25.6. The Morgan fingerprint density at radius 2 is 2.08 bits per heavy atom. The van der Waals surface area contributed by atoms with Gasteiger partial charge in [-0.05, 0) is 6.42 Å². The predicted octanol–water partition coefficient (Wildman–Crippen LogP) is 2.69. The molecule has 0 amide bonds. The van der Waals surface area contributed by atoms with Crippen LogP contribution in [0.5, 0.6) is 0 Å². The summed E-state index contributed by atoms with van der Waals surface area (Å²) in [7, 11) is 0. The lowest BCUT2D eigenvalue weighted by Gasteiger charge is -1.98. The fourth-order valence-electron chi connectivity index (χ4n) is 1.45. The molecule has 0 radical (unpaired) electrons. The van der Waals surface area contributed by atoms with Gasteiger partial charge in [-0.25, -0.2) is 0 Å². The quantitative estimate of drug-likeness (QED) is 0.416. The maximum Gasteiger partial charge on any atom is 0.272 e. The van der Waals surface area contributed by atoms with Crippen LogP contribution in [-0.2, 0) is 0 Å². The van der Waals surface area contributed by atoms with Gasteiger partial charge < -0.3 is 0 Å². The minimum Gasteiger partial charge on any atom is -0.258 e. The van der Waals surface area contributed by atoms with Gasteiger partial charge in [0.15, 0.2) is 0 Å². The van der Waals surface area contributed by atoms with E-state index in [0.717, 1.165) is 12.0 Å². The van der Waals surface area contributed by atoms with Gasteiger partial charge in [-0.3, -0.25) is 10.1 Å². The first-order chi connectivity index (χ1) is 6.20. The Morgan fingerprint density at radius 1 is 1.46 bits per heavy atom. The monoisotopic (exact) mass is 197 g/mol.